The van der Waals surface area contributed by atoms with Gasteiger partial charge in [-0.25, -0.2) is 0 Å². The van der Waals surface area contributed by atoms with Gasteiger partial charge in [-0.1, -0.05) is 19.1 Å². The van der Waals surface area contributed by atoms with E-state index in [-0.39, 0.29) is 0 Å². The van der Waals surface area contributed by atoms with Crippen molar-refractivity contribution < 1.29 is 10.2 Å². The van der Waals surface area contributed by atoms with E-state index in [0.717, 1.165) is 18.4 Å². The number of aryl methyl sites for hydroxylation is 2. The number of hydrogen-bond donors (Lipinski definition) is 2. The molecule has 0 saturated carbocycles. The van der Waals surface area contributed by atoms with Gasteiger partial charge in [-0.05, 0) is 84.5 Å². The molecule has 2 unspecified atom stereocenters. The van der Waals surface area contributed by atoms with E-state index < -0.39 is 0 Å². The molecule has 0 radical (unpaired) electrons. The fourth-order valence-corrected chi connectivity index (χ4v) is 3.55. The molecule has 3 rings (SSSR count). The number of rotatable bonds is 2. The van der Waals surface area contributed by atoms with Crippen LogP contribution in [0.3, 0.4) is 0 Å². The lowest BCUT2D eigenvalue weighted by atomic mass is 9.73. The monoisotopic (exact) mass is 282 g/mol. The van der Waals surface area contributed by atoms with Gasteiger partial charge in [0.2, 0.25) is 0 Å². The highest BCUT2D eigenvalue weighted by Crippen LogP contribution is 2.39. The van der Waals surface area contributed by atoms with Crippen LogP contribution in [0.15, 0.2) is 36.4 Å². The van der Waals surface area contributed by atoms with Gasteiger partial charge in [0.15, 0.2) is 0 Å². The molecule has 2 atom stereocenters. The summed E-state index contributed by atoms with van der Waals surface area (Å²) >= 11 is 0. The van der Waals surface area contributed by atoms with E-state index in [4.69, 9.17) is 0 Å². The molecule has 0 aliphatic heterocycles. The zero-order valence-corrected chi connectivity index (χ0v) is 12.6. The standard InChI is InChI=1S/C19H22O2/c1-12-9-17(20)8-6-15(12)10-16-4-3-14-5-7-18(21)11-19(14)13(16)2/h5-9,11,13,16,20-21H,3-4,10H2,1-2H3. The lowest BCUT2D eigenvalue weighted by molar-refractivity contribution is 0.385. The minimum atomic E-state index is 0.336. The van der Waals surface area contributed by atoms with Crippen LogP contribution in [0.5, 0.6) is 11.5 Å². The summed E-state index contributed by atoms with van der Waals surface area (Å²) in [6.45, 7) is 4.32. The summed E-state index contributed by atoms with van der Waals surface area (Å²) < 4.78 is 0. The largest absolute Gasteiger partial charge is 0.508 e. The van der Waals surface area contributed by atoms with Crippen LogP contribution in [0.1, 0.15) is 41.5 Å². The van der Waals surface area contributed by atoms with Gasteiger partial charge in [0, 0.05) is 0 Å². The number of phenolic OH excluding ortho intramolecular Hbond substituents is 2. The number of hydrogen-bond acceptors (Lipinski definition) is 2. The summed E-state index contributed by atoms with van der Waals surface area (Å²) in [7, 11) is 0. The van der Waals surface area contributed by atoms with Gasteiger partial charge in [0.1, 0.15) is 11.5 Å². The fraction of sp³-hybridized carbons (Fsp3) is 0.368. The maximum atomic E-state index is 9.73. The molecular formula is C19H22O2. The minimum Gasteiger partial charge on any atom is -0.508 e. The Morgan fingerprint density at radius 2 is 1.76 bits per heavy atom. The van der Waals surface area contributed by atoms with Gasteiger partial charge in [0.25, 0.3) is 0 Å². The third-order valence-corrected chi connectivity index (χ3v) is 4.92. The lowest BCUT2D eigenvalue weighted by Gasteiger charge is -2.32. The first-order valence-electron chi connectivity index (χ1n) is 7.65. The highest BCUT2D eigenvalue weighted by molar-refractivity contribution is 5.40. The first-order valence-corrected chi connectivity index (χ1v) is 7.65. The van der Waals surface area contributed by atoms with Crippen molar-refractivity contribution in [3.63, 3.8) is 0 Å². The lowest BCUT2D eigenvalue weighted by Crippen LogP contribution is -2.20. The molecule has 0 fully saturated rings. The summed E-state index contributed by atoms with van der Waals surface area (Å²) in [6, 6.07) is 11.4. The molecule has 2 heteroatoms. The minimum absolute atomic E-state index is 0.336. The van der Waals surface area contributed by atoms with E-state index in [1.165, 1.54) is 23.1 Å². The Balaban J connectivity index is 1.84. The molecule has 0 amide bonds. The van der Waals surface area contributed by atoms with Crippen molar-refractivity contribution in [3.05, 3.63) is 58.7 Å². The first kappa shape index (κ1) is 14.0. The third kappa shape index (κ3) is 2.76. The molecule has 0 bridgehead atoms. The predicted molar refractivity (Wildman–Crippen MR) is 84.9 cm³/mol. The molecule has 1 aliphatic carbocycles. The van der Waals surface area contributed by atoms with Crippen molar-refractivity contribution >= 4 is 0 Å². The Morgan fingerprint density at radius 1 is 1.05 bits per heavy atom. The molecular weight excluding hydrogens is 260 g/mol. The molecule has 0 aromatic heterocycles. The summed E-state index contributed by atoms with van der Waals surface area (Å²) in [5.41, 5.74) is 5.14. The summed E-state index contributed by atoms with van der Waals surface area (Å²) in [5, 5.41) is 19.3. The van der Waals surface area contributed by atoms with Crippen LogP contribution < -0.4 is 0 Å². The van der Waals surface area contributed by atoms with Crippen molar-refractivity contribution in [1.29, 1.82) is 0 Å². The second kappa shape index (κ2) is 5.44. The molecule has 110 valence electrons. The van der Waals surface area contributed by atoms with Gasteiger partial charge in [-0.2, -0.15) is 0 Å². The Bertz CT molecular complexity index is 661. The molecule has 0 saturated heterocycles. The van der Waals surface area contributed by atoms with Crippen LogP contribution in [0.4, 0.5) is 0 Å². The Hall–Kier alpha value is -1.96. The molecule has 1 aliphatic rings. The van der Waals surface area contributed by atoms with Crippen LogP contribution in [0, 0.1) is 12.8 Å². The highest BCUT2D eigenvalue weighted by atomic mass is 16.3. The zero-order chi connectivity index (χ0) is 15.0. The molecule has 0 heterocycles. The second-order valence-corrected chi connectivity index (χ2v) is 6.29. The van der Waals surface area contributed by atoms with Gasteiger partial charge >= 0.3 is 0 Å². The highest BCUT2D eigenvalue weighted by Gasteiger charge is 2.26. The molecule has 0 spiro atoms. The zero-order valence-electron chi connectivity index (χ0n) is 12.6. The van der Waals surface area contributed by atoms with Crippen LogP contribution in [-0.2, 0) is 12.8 Å². The number of fused-ring (bicyclic) bond motifs is 1. The normalized spacial score (nSPS) is 21.0. The fourth-order valence-electron chi connectivity index (χ4n) is 3.55. The van der Waals surface area contributed by atoms with E-state index in [9.17, 15) is 10.2 Å². The van der Waals surface area contributed by atoms with Crippen molar-refractivity contribution in [2.45, 2.75) is 39.0 Å². The van der Waals surface area contributed by atoms with E-state index in [1.54, 1.807) is 12.1 Å². The smallest absolute Gasteiger partial charge is 0.115 e. The van der Waals surface area contributed by atoms with Gasteiger partial charge in [-0.3, -0.25) is 0 Å². The van der Waals surface area contributed by atoms with Gasteiger partial charge in [-0.15, -0.1) is 0 Å². The first-order chi connectivity index (χ1) is 10.0. The van der Waals surface area contributed by atoms with E-state index in [2.05, 4.69) is 19.9 Å². The topological polar surface area (TPSA) is 40.5 Å². The Morgan fingerprint density at radius 3 is 2.52 bits per heavy atom. The Labute approximate surface area is 126 Å². The second-order valence-electron chi connectivity index (χ2n) is 6.29. The SMILES string of the molecule is Cc1cc(O)ccc1CC1CCc2ccc(O)cc2C1C. The van der Waals surface area contributed by atoms with Crippen LogP contribution in [0.25, 0.3) is 0 Å². The summed E-state index contributed by atoms with van der Waals surface area (Å²) in [4.78, 5) is 0. The summed E-state index contributed by atoms with van der Waals surface area (Å²) in [5.74, 6) is 1.74. The molecule has 2 aromatic carbocycles. The maximum Gasteiger partial charge on any atom is 0.115 e. The van der Waals surface area contributed by atoms with Gasteiger partial charge in [0.05, 0.1) is 0 Å². The van der Waals surface area contributed by atoms with E-state index >= 15 is 0 Å². The van der Waals surface area contributed by atoms with Crippen molar-refractivity contribution in [2.75, 3.05) is 0 Å². The predicted octanol–water partition coefficient (Wildman–Crippen LogP) is 4.31. The molecule has 2 N–H and O–H groups in total. The summed E-state index contributed by atoms with van der Waals surface area (Å²) in [6.07, 6.45) is 3.30. The third-order valence-electron chi connectivity index (χ3n) is 4.92. The van der Waals surface area contributed by atoms with Crippen molar-refractivity contribution in [2.24, 2.45) is 5.92 Å². The quantitative estimate of drug-likeness (QED) is 0.861. The molecule has 2 nitrogen and oxygen atoms in total. The maximum absolute atomic E-state index is 9.73. The molecule has 21 heavy (non-hydrogen) atoms. The van der Waals surface area contributed by atoms with Gasteiger partial charge < -0.3 is 10.2 Å². The Kier molecular flexibility index (Phi) is 3.62. The van der Waals surface area contributed by atoms with E-state index in [1.807, 2.05) is 18.2 Å². The number of phenols is 2. The van der Waals surface area contributed by atoms with Crippen LogP contribution in [-0.4, -0.2) is 10.2 Å². The number of aromatic hydroxyl groups is 2. The van der Waals surface area contributed by atoms with Crippen LogP contribution in [0.2, 0.25) is 0 Å². The average molecular weight is 282 g/mol. The van der Waals surface area contributed by atoms with Crippen molar-refractivity contribution in [3.8, 4) is 11.5 Å². The molecule has 2 aromatic rings. The number of benzene rings is 2. The van der Waals surface area contributed by atoms with Crippen molar-refractivity contribution in [1.82, 2.24) is 0 Å². The average Bonchev–Trinajstić information content (AvgIpc) is 2.45. The van der Waals surface area contributed by atoms with Crippen LogP contribution >= 0.6 is 0 Å². The van der Waals surface area contributed by atoms with E-state index in [0.29, 0.717) is 23.3 Å².